The maximum Gasteiger partial charge on any atom is 0.218 e. The van der Waals surface area contributed by atoms with Crippen LogP contribution in [-0.4, -0.2) is 23.9 Å². The Labute approximate surface area is 82.9 Å². The molecule has 13 heavy (non-hydrogen) atoms. The molecule has 0 aromatic carbocycles. The molecule has 0 aromatic heterocycles. The van der Waals surface area contributed by atoms with Gasteiger partial charge in [0.15, 0.2) is 0 Å². The summed E-state index contributed by atoms with van der Waals surface area (Å²) in [6.45, 7) is 4.74. The summed E-state index contributed by atoms with van der Waals surface area (Å²) in [6.07, 6.45) is 2.74. The topological polar surface area (TPSA) is 50.8 Å². The zero-order chi connectivity index (χ0) is 9.68. The minimum absolute atomic E-state index is 0.378. The second-order valence-corrected chi connectivity index (χ2v) is 3.30. The van der Waals surface area contributed by atoms with E-state index < -0.39 is 0 Å². The Kier molecular flexibility index (Phi) is 4.11. The summed E-state index contributed by atoms with van der Waals surface area (Å²) >= 11 is 1.14. The Morgan fingerprint density at radius 1 is 1.77 bits per heavy atom. The van der Waals surface area contributed by atoms with Gasteiger partial charge in [0.05, 0.1) is 12.6 Å². The Morgan fingerprint density at radius 3 is 3.15 bits per heavy atom. The van der Waals surface area contributed by atoms with E-state index in [9.17, 15) is 0 Å². The number of rotatable bonds is 2. The van der Waals surface area contributed by atoms with Gasteiger partial charge in [-0.25, -0.2) is 5.01 Å². The van der Waals surface area contributed by atoms with Crippen molar-refractivity contribution in [2.45, 2.75) is 26.3 Å². The number of nitrogens with zero attached hydrogens (tertiary/aromatic N) is 2. The molecule has 0 amide bonds. The first kappa shape index (κ1) is 10.4. The van der Waals surface area contributed by atoms with Crippen molar-refractivity contribution in [2.75, 3.05) is 6.61 Å². The average molecular weight is 201 g/mol. The van der Waals surface area contributed by atoms with Crippen LogP contribution in [0.5, 0.6) is 0 Å². The molecule has 5 heteroatoms. The highest BCUT2D eigenvalue weighted by Gasteiger charge is 2.22. The standard InChI is InChI=1S/C8H15N3OS/c1-3-10-11-7(2)4-5-12-8(11)6-13-9/h3,6-7H,4-5,9H2,1-2H3/b8-6-,10-3-. The lowest BCUT2D eigenvalue weighted by Crippen LogP contribution is -2.34. The maximum atomic E-state index is 5.43. The van der Waals surface area contributed by atoms with Crippen LogP contribution in [0.3, 0.4) is 0 Å². The van der Waals surface area contributed by atoms with Crippen molar-refractivity contribution in [2.24, 2.45) is 10.2 Å². The van der Waals surface area contributed by atoms with E-state index >= 15 is 0 Å². The van der Waals surface area contributed by atoms with Crippen molar-refractivity contribution >= 4 is 18.2 Å². The van der Waals surface area contributed by atoms with Gasteiger partial charge in [-0.15, -0.1) is 0 Å². The third-order valence-electron chi connectivity index (χ3n) is 1.84. The Hall–Kier alpha value is -0.680. The van der Waals surface area contributed by atoms with Crippen LogP contribution in [0.4, 0.5) is 0 Å². The van der Waals surface area contributed by atoms with Gasteiger partial charge in [0.25, 0.3) is 0 Å². The van der Waals surface area contributed by atoms with Crippen molar-refractivity contribution in [3.8, 4) is 0 Å². The van der Waals surface area contributed by atoms with E-state index in [1.165, 1.54) is 0 Å². The summed E-state index contributed by atoms with van der Waals surface area (Å²) in [5, 5.41) is 13.2. The molecule has 4 nitrogen and oxygen atoms in total. The average Bonchev–Trinajstić information content (AvgIpc) is 2.11. The third-order valence-corrected chi connectivity index (χ3v) is 2.18. The van der Waals surface area contributed by atoms with E-state index in [1.54, 1.807) is 11.6 Å². The van der Waals surface area contributed by atoms with Gasteiger partial charge < -0.3 is 4.74 Å². The van der Waals surface area contributed by atoms with Crippen LogP contribution >= 0.6 is 11.9 Å². The van der Waals surface area contributed by atoms with E-state index in [1.807, 2.05) is 11.9 Å². The summed E-state index contributed by atoms with van der Waals surface area (Å²) in [5.74, 6) is 0.740. The normalized spacial score (nSPS) is 26.8. The number of hydrogen-bond acceptors (Lipinski definition) is 5. The lowest BCUT2D eigenvalue weighted by atomic mass is 10.2. The zero-order valence-electron chi connectivity index (χ0n) is 7.93. The molecule has 0 spiro atoms. The predicted octanol–water partition coefficient (Wildman–Crippen LogP) is 1.51. The molecule has 1 atom stereocenters. The molecule has 1 heterocycles. The molecule has 0 radical (unpaired) electrons. The molecule has 1 fully saturated rings. The number of nitrogens with two attached hydrogens (primary N) is 1. The van der Waals surface area contributed by atoms with Crippen LogP contribution in [-0.2, 0) is 4.74 Å². The minimum atomic E-state index is 0.378. The Morgan fingerprint density at radius 2 is 2.54 bits per heavy atom. The van der Waals surface area contributed by atoms with Crippen molar-refractivity contribution in [1.29, 1.82) is 0 Å². The van der Waals surface area contributed by atoms with Crippen LogP contribution in [0.2, 0.25) is 0 Å². The molecule has 1 aliphatic heterocycles. The summed E-state index contributed by atoms with van der Waals surface area (Å²) in [4.78, 5) is 0. The molecule has 0 bridgehead atoms. The summed E-state index contributed by atoms with van der Waals surface area (Å²) < 4.78 is 5.43. The molecule has 1 saturated heterocycles. The minimum Gasteiger partial charge on any atom is -0.477 e. The smallest absolute Gasteiger partial charge is 0.218 e. The van der Waals surface area contributed by atoms with Gasteiger partial charge in [-0.2, -0.15) is 5.10 Å². The van der Waals surface area contributed by atoms with E-state index in [2.05, 4.69) is 12.0 Å². The lowest BCUT2D eigenvalue weighted by Gasteiger charge is -2.32. The summed E-state index contributed by atoms with van der Waals surface area (Å²) in [6, 6.07) is 0.378. The third kappa shape index (κ3) is 2.63. The van der Waals surface area contributed by atoms with Crippen LogP contribution in [0.1, 0.15) is 20.3 Å². The van der Waals surface area contributed by atoms with Crippen LogP contribution < -0.4 is 5.14 Å². The van der Waals surface area contributed by atoms with E-state index in [0.29, 0.717) is 6.04 Å². The highest BCUT2D eigenvalue weighted by Crippen LogP contribution is 2.21. The van der Waals surface area contributed by atoms with Gasteiger partial charge in [-0.1, -0.05) is 11.9 Å². The molecule has 2 N–H and O–H groups in total. The van der Waals surface area contributed by atoms with Crippen LogP contribution in [0, 0.1) is 0 Å². The van der Waals surface area contributed by atoms with Crippen LogP contribution in [0.25, 0.3) is 0 Å². The predicted molar refractivity (Wildman–Crippen MR) is 55.9 cm³/mol. The fraction of sp³-hybridized carbons (Fsp3) is 0.625. The van der Waals surface area contributed by atoms with Gasteiger partial charge in [-0.05, 0) is 13.8 Å². The van der Waals surface area contributed by atoms with E-state index in [4.69, 9.17) is 9.88 Å². The van der Waals surface area contributed by atoms with E-state index in [-0.39, 0.29) is 0 Å². The molecular formula is C8H15N3OS. The molecule has 1 aliphatic rings. The van der Waals surface area contributed by atoms with E-state index in [0.717, 1.165) is 30.9 Å². The van der Waals surface area contributed by atoms with Gasteiger partial charge in [-0.3, -0.25) is 5.14 Å². The number of hydrogen-bond donors (Lipinski definition) is 1. The molecular weight excluding hydrogens is 186 g/mol. The highest BCUT2D eigenvalue weighted by molar-refractivity contribution is 7.99. The van der Waals surface area contributed by atoms with Crippen LogP contribution in [0.15, 0.2) is 16.4 Å². The molecule has 1 rings (SSSR count). The second-order valence-electron chi connectivity index (χ2n) is 2.80. The first-order chi connectivity index (χ1) is 6.29. The quantitative estimate of drug-likeness (QED) is 0.543. The molecule has 0 aliphatic carbocycles. The monoisotopic (exact) mass is 201 g/mol. The summed E-state index contributed by atoms with van der Waals surface area (Å²) in [7, 11) is 0. The highest BCUT2D eigenvalue weighted by atomic mass is 32.2. The van der Waals surface area contributed by atoms with Gasteiger partial charge >= 0.3 is 0 Å². The molecule has 1 unspecified atom stereocenters. The Bertz CT molecular complexity index is 217. The van der Waals surface area contributed by atoms with Crippen molar-refractivity contribution in [3.63, 3.8) is 0 Å². The Balaban J connectivity index is 2.73. The SMILES string of the molecule is C/C=N\N1/C(=C/SN)OCCC1C. The number of ether oxygens (including phenoxy) is 1. The fourth-order valence-electron chi connectivity index (χ4n) is 1.18. The summed E-state index contributed by atoms with van der Waals surface area (Å²) in [5.41, 5.74) is 0. The fourth-order valence-corrected chi connectivity index (χ4v) is 1.47. The van der Waals surface area contributed by atoms with Gasteiger partial charge in [0.2, 0.25) is 5.88 Å². The second kappa shape index (κ2) is 5.14. The zero-order valence-corrected chi connectivity index (χ0v) is 8.75. The van der Waals surface area contributed by atoms with Gasteiger partial charge in [0.1, 0.15) is 0 Å². The van der Waals surface area contributed by atoms with Crippen molar-refractivity contribution < 1.29 is 4.74 Å². The molecule has 0 aromatic rings. The maximum absolute atomic E-state index is 5.43. The molecule has 74 valence electrons. The first-order valence-electron chi connectivity index (χ1n) is 4.26. The lowest BCUT2D eigenvalue weighted by molar-refractivity contribution is 0.0339. The number of hydrazone groups is 1. The largest absolute Gasteiger partial charge is 0.477 e. The first-order valence-corrected chi connectivity index (χ1v) is 5.20. The van der Waals surface area contributed by atoms with Crippen molar-refractivity contribution in [3.05, 3.63) is 11.3 Å². The van der Waals surface area contributed by atoms with Crippen molar-refractivity contribution in [1.82, 2.24) is 5.01 Å². The van der Waals surface area contributed by atoms with Gasteiger partial charge in [0, 0.05) is 18.0 Å². The molecule has 0 saturated carbocycles.